The number of rotatable bonds is 8. The van der Waals surface area contributed by atoms with Gasteiger partial charge in [-0.1, -0.05) is 36.4 Å². The molecule has 2 aromatic rings. The Bertz CT molecular complexity index is 688. The highest BCUT2D eigenvalue weighted by molar-refractivity contribution is 8.01. The van der Waals surface area contributed by atoms with Gasteiger partial charge in [0.05, 0.1) is 17.9 Å². The minimum absolute atomic E-state index is 0.174. The molecular formula is C15H18N4O3S2. The normalized spacial score (nSPS) is 10.4. The van der Waals surface area contributed by atoms with E-state index in [1.54, 1.807) is 24.3 Å². The van der Waals surface area contributed by atoms with Gasteiger partial charge in [0.1, 0.15) is 0 Å². The molecule has 0 atom stereocenters. The summed E-state index contributed by atoms with van der Waals surface area (Å²) >= 11 is 2.50. The zero-order chi connectivity index (χ0) is 17.4. The van der Waals surface area contributed by atoms with Crippen molar-refractivity contribution in [3.8, 4) is 0 Å². The van der Waals surface area contributed by atoms with E-state index < -0.39 is 0 Å². The van der Waals surface area contributed by atoms with Crippen LogP contribution >= 0.6 is 23.1 Å². The highest BCUT2D eigenvalue weighted by atomic mass is 32.2. The lowest BCUT2D eigenvalue weighted by atomic mass is 10.2. The van der Waals surface area contributed by atoms with Crippen molar-refractivity contribution in [2.45, 2.75) is 24.1 Å². The van der Waals surface area contributed by atoms with E-state index in [0.29, 0.717) is 27.3 Å². The van der Waals surface area contributed by atoms with Gasteiger partial charge >= 0.3 is 5.97 Å². The second kappa shape index (κ2) is 9.24. The minimum atomic E-state index is -0.356. The Morgan fingerprint density at radius 1 is 1.29 bits per heavy atom. The number of nitrogen functional groups attached to an aromatic ring is 1. The molecule has 1 amide bonds. The monoisotopic (exact) mass is 366 g/mol. The van der Waals surface area contributed by atoms with Gasteiger partial charge in [0, 0.05) is 5.69 Å². The van der Waals surface area contributed by atoms with Crippen molar-refractivity contribution in [1.29, 1.82) is 0 Å². The van der Waals surface area contributed by atoms with Crippen LogP contribution in [0.15, 0.2) is 28.6 Å². The maximum absolute atomic E-state index is 11.9. The Labute approximate surface area is 148 Å². The van der Waals surface area contributed by atoms with Crippen molar-refractivity contribution in [2.24, 2.45) is 0 Å². The molecule has 7 nitrogen and oxygen atoms in total. The fourth-order valence-electron chi connectivity index (χ4n) is 1.69. The first kappa shape index (κ1) is 18.2. The van der Waals surface area contributed by atoms with Gasteiger partial charge in [-0.05, 0) is 30.7 Å². The number of hydrogen-bond donors (Lipinski definition) is 2. The third-order valence-electron chi connectivity index (χ3n) is 2.88. The SMILES string of the molecule is CCCCOC(=O)c1ccc(NC(=O)CSc2nnc(N)s2)cc1. The van der Waals surface area contributed by atoms with Crippen LogP contribution < -0.4 is 11.1 Å². The molecule has 1 aromatic heterocycles. The lowest BCUT2D eigenvalue weighted by molar-refractivity contribution is -0.113. The molecule has 0 saturated carbocycles. The number of benzene rings is 1. The zero-order valence-corrected chi connectivity index (χ0v) is 14.8. The predicted molar refractivity (Wildman–Crippen MR) is 95.3 cm³/mol. The fraction of sp³-hybridized carbons (Fsp3) is 0.333. The summed E-state index contributed by atoms with van der Waals surface area (Å²) in [6.07, 6.45) is 1.82. The van der Waals surface area contributed by atoms with E-state index in [2.05, 4.69) is 15.5 Å². The lowest BCUT2D eigenvalue weighted by Crippen LogP contribution is -2.14. The van der Waals surface area contributed by atoms with Gasteiger partial charge in [-0.25, -0.2) is 4.79 Å². The van der Waals surface area contributed by atoms with E-state index >= 15 is 0 Å². The van der Waals surface area contributed by atoms with Crippen molar-refractivity contribution < 1.29 is 14.3 Å². The second-order valence-corrected chi connectivity index (χ2v) is 7.04. The summed E-state index contributed by atoms with van der Waals surface area (Å²) in [6, 6.07) is 6.59. The largest absolute Gasteiger partial charge is 0.462 e. The summed E-state index contributed by atoms with van der Waals surface area (Å²) in [7, 11) is 0. The average molecular weight is 366 g/mol. The Morgan fingerprint density at radius 3 is 2.67 bits per heavy atom. The quantitative estimate of drug-likeness (QED) is 0.420. The molecule has 0 spiro atoms. The Hall–Kier alpha value is -2.13. The number of nitrogens with zero attached hydrogens (tertiary/aromatic N) is 2. The first-order valence-electron chi connectivity index (χ1n) is 7.37. The van der Waals surface area contributed by atoms with Crippen LogP contribution in [0, 0.1) is 0 Å². The zero-order valence-electron chi connectivity index (χ0n) is 13.2. The van der Waals surface area contributed by atoms with Gasteiger partial charge < -0.3 is 15.8 Å². The molecule has 0 fully saturated rings. The molecule has 0 aliphatic heterocycles. The summed E-state index contributed by atoms with van der Waals surface area (Å²) in [5.41, 5.74) is 6.55. The summed E-state index contributed by atoms with van der Waals surface area (Å²) in [6.45, 7) is 2.45. The van der Waals surface area contributed by atoms with Gasteiger partial charge in [0.15, 0.2) is 4.34 Å². The molecule has 2 rings (SSSR count). The van der Waals surface area contributed by atoms with E-state index in [1.165, 1.54) is 23.1 Å². The summed E-state index contributed by atoms with van der Waals surface area (Å²) in [5, 5.41) is 10.6. The van der Waals surface area contributed by atoms with Gasteiger partial charge in [-0.3, -0.25) is 4.79 Å². The number of ether oxygens (including phenoxy) is 1. The van der Waals surface area contributed by atoms with E-state index in [0.717, 1.165) is 12.8 Å². The van der Waals surface area contributed by atoms with E-state index in [9.17, 15) is 9.59 Å². The Morgan fingerprint density at radius 2 is 2.04 bits per heavy atom. The van der Waals surface area contributed by atoms with Crippen LogP contribution in [0.25, 0.3) is 0 Å². The molecule has 0 aliphatic rings. The van der Waals surface area contributed by atoms with Crippen molar-refractivity contribution in [3.05, 3.63) is 29.8 Å². The number of aromatic nitrogens is 2. The van der Waals surface area contributed by atoms with Crippen LogP contribution in [0.2, 0.25) is 0 Å². The number of nitrogens with two attached hydrogens (primary N) is 1. The first-order valence-corrected chi connectivity index (χ1v) is 9.17. The van der Waals surface area contributed by atoms with Crippen LogP contribution in [0.3, 0.4) is 0 Å². The van der Waals surface area contributed by atoms with Crippen LogP contribution in [0.4, 0.5) is 10.8 Å². The molecule has 9 heteroatoms. The van der Waals surface area contributed by atoms with Crippen LogP contribution in [0.5, 0.6) is 0 Å². The minimum Gasteiger partial charge on any atom is -0.462 e. The van der Waals surface area contributed by atoms with Gasteiger partial charge in [-0.2, -0.15) is 0 Å². The number of hydrogen-bond acceptors (Lipinski definition) is 8. The second-order valence-electron chi connectivity index (χ2n) is 4.81. The fourth-order valence-corrected chi connectivity index (χ4v) is 3.12. The van der Waals surface area contributed by atoms with Crippen LogP contribution in [-0.4, -0.2) is 34.4 Å². The summed E-state index contributed by atoms with van der Waals surface area (Å²) in [5.74, 6) is -0.326. The van der Waals surface area contributed by atoms with Crippen molar-refractivity contribution in [2.75, 3.05) is 23.4 Å². The van der Waals surface area contributed by atoms with Gasteiger partial charge in [0.2, 0.25) is 11.0 Å². The summed E-state index contributed by atoms with van der Waals surface area (Å²) in [4.78, 5) is 23.7. The molecule has 3 N–H and O–H groups in total. The Kier molecular flexibility index (Phi) is 7.01. The molecule has 128 valence electrons. The molecule has 24 heavy (non-hydrogen) atoms. The standard InChI is InChI=1S/C15H18N4O3S2/c1-2-3-8-22-13(21)10-4-6-11(7-5-10)17-12(20)9-23-15-19-18-14(16)24-15/h4-7H,2-3,8-9H2,1H3,(H2,16,18)(H,17,20). The maximum Gasteiger partial charge on any atom is 0.338 e. The number of nitrogens with one attached hydrogen (secondary N) is 1. The number of carbonyl (C=O) groups is 2. The van der Waals surface area contributed by atoms with Gasteiger partial charge in [0.25, 0.3) is 0 Å². The molecule has 0 bridgehead atoms. The molecule has 1 aromatic carbocycles. The highest BCUT2D eigenvalue weighted by Crippen LogP contribution is 2.23. The number of carbonyl (C=O) groups excluding carboxylic acids is 2. The average Bonchev–Trinajstić information content (AvgIpc) is 2.99. The lowest BCUT2D eigenvalue weighted by Gasteiger charge is -2.06. The number of amides is 1. The van der Waals surface area contributed by atoms with Crippen molar-refractivity contribution >= 4 is 45.8 Å². The third kappa shape index (κ3) is 5.82. The molecule has 0 unspecified atom stereocenters. The molecular weight excluding hydrogens is 348 g/mol. The van der Waals surface area contributed by atoms with Crippen molar-refractivity contribution in [3.63, 3.8) is 0 Å². The molecule has 0 saturated heterocycles. The number of unbranched alkanes of at least 4 members (excludes halogenated alkanes) is 1. The number of anilines is 2. The smallest absolute Gasteiger partial charge is 0.338 e. The van der Waals surface area contributed by atoms with Gasteiger partial charge in [-0.15, -0.1) is 10.2 Å². The van der Waals surface area contributed by atoms with Crippen LogP contribution in [-0.2, 0) is 9.53 Å². The number of esters is 1. The van der Waals surface area contributed by atoms with Crippen molar-refractivity contribution in [1.82, 2.24) is 10.2 Å². The highest BCUT2D eigenvalue weighted by Gasteiger charge is 2.09. The first-order chi connectivity index (χ1) is 11.6. The van der Waals surface area contributed by atoms with E-state index in [-0.39, 0.29) is 17.6 Å². The van der Waals surface area contributed by atoms with E-state index in [4.69, 9.17) is 10.5 Å². The summed E-state index contributed by atoms with van der Waals surface area (Å²) < 4.78 is 5.77. The topological polar surface area (TPSA) is 107 Å². The van der Waals surface area contributed by atoms with Crippen LogP contribution in [0.1, 0.15) is 30.1 Å². The predicted octanol–water partition coefficient (Wildman–Crippen LogP) is 2.81. The molecule has 0 radical (unpaired) electrons. The maximum atomic E-state index is 11.9. The molecule has 1 heterocycles. The number of thioether (sulfide) groups is 1. The molecule has 0 aliphatic carbocycles. The third-order valence-corrected chi connectivity index (χ3v) is 4.77. The Balaban J connectivity index is 1.80. The van der Waals surface area contributed by atoms with E-state index in [1.807, 2.05) is 6.92 Å².